The van der Waals surface area contributed by atoms with E-state index in [0.29, 0.717) is 26.1 Å². The van der Waals surface area contributed by atoms with Crippen molar-refractivity contribution < 1.29 is 13.2 Å². The maximum atomic E-state index is 11.8. The molecule has 7 nitrogen and oxygen atoms in total. The van der Waals surface area contributed by atoms with Crippen molar-refractivity contribution in [3.63, 3.8) is 0 Å². The van der Waals surface area contributed by atoms with Crippen LogP contribution in [0.15, 0.2) is 12.4 Å². The lowest BCUT2D eigenvalue weighted by molar-refractivity contribution is -0.121. The number of rotatable bonds is 7. The number of nitrogens with zero attached hydrogens (tertiary/aromatic N) is 2. The first-order valence-corrected chi connectivity index (χ1v) is 9.49. The number of nitrogens with one attached hydrogen (secondary N) is 2. The first-order valence-electron chi connectivity index (χ1n) is 7.64. The lowest BCUT2D eigenvalue weighted by atomic mass is 9.99. The van der Waals surface area contributed by atoms with Gasteiger partial charge >= 0.3 is 0 Å². The highest BCUT2D eigenvalue weighted by molar-refractivity contribution is 7.88. The molecular weight excluding hydrogens is 304 g/mol. The Balaban J connectivity index is 1.65. The minimum Gasteiger partial charge on any atom is -0.356 e. The molecule has 1 atom stereocenters. The summed E-state index contributed by atoms with van der Waals surface area (Å²) in [5.74, 6) is 0.237. The number of aromatic amines is 1. The molecule has 0 aromatic carbocycles. The third-order valence-electron chi connectivity index (χ3n) is 3.96. The van der Waals surface area contributed by atoms with E-state index in [1.54, 1.807) is 6.20 Å². The summed E-state index contributed by atoms with van der Waals surface area (Å²) in [4.78, 5) is 11.8. The number of carbonyl (C=O) groups excluding carboxylic acids is 1. The Morgan fingerprint density at radius 1 is 1.55 bits per heavy atom. The highest BCUT2D eigenvalue weighted by Gasteiger charge is 2.25. The van der Waals surface area contributed by atoms with Crippen LogP contribution >= 0.6 is 0 Å². The summed E-state index contributed by atoms with van der Waals surface area (Å²) in [6.07, 6.45) is 8.74. The van der Waals surface area contributed by atoms with E-state index in [1.165, 1.54) is 10.6 Å². The number of amides is 1. The van der Waals surface area contributed by atoms with Crippen LogP contribution in [0.1, 0.15) is 31.2 Å². The van der Waals surface area contributed by atoms with E-state index in [-0.39, 0.29) is 11.8 Å². The molecule has 0 bridgehead atoms. The predicted octanol–water partition coefficient (Wildman–Crippen LogP) is 0.520. The van der Waals surface area contributed by atoms with Gasteiger partial charge < -0.3 is 5.32 Å². The van der Waals surface area contributed by atoms with Gasteiger partial charge in [-0.05, 0) is 37.2 Å². The predicted molar refractivity (Wildman–Crippen MR) is 83.7 cm³/mol. The van der Waals surface area contributed by atoms with Gasteiger partial charge in [0.1, 0.15) is 0 Å². The van der Waals surface area contributed by atoms with Crippen LogP contribution in [0.5, 0.6) is 0 Å². The molecule has 2 heterocycles. The molecule has 1 fully saturated rings. The second kappa shape index (κ2) is 7.73. The van der Waals surface area contributed by atoms with Crippen LogP contribution in [-0.2, 0) is 21.2 Å². The summed E-state index contributed by atoms with van der Waals surface area (Å²) in [5, 5.41) is 9.53. The Morgan fingerprint density at radius 3 is 3.05 bits per heavy atom. The molecule has 0 unspecified atom stereocenters. The SMILES string of the molecule is CS(=O)(=O)N1CCC[C@H](CNC(=O)CCCc2cn[nH]c2)C1. The quantitative estimate of drug-likeness (QED) is 0.763. The Kier molecular flexibility index (Phi) is 5.96. The molecule has 1 saturated heterocycles. The average molecular weight is 328 g/mol. The molecule has 124 valence electrons. The molecule has 22 heavy (non-hydrogen) atoms. The van der Waals surface area contributed by atoms with Crippen LogP contribution in [0.3, 0.4) is 0 Å². The van der Waals surface area contributed by atoms with Crippen LogP contribution in [0.25, 0.3) is 0 Å². The number of carbonyl (C=O) groups is 1. The molecule has 2 N–H and O–H groups in total. The van der Waals surface area contributed by atoms with Crippen molar-refractivity contribution >= 4 is 15.9 Å². The van der Waals surface area contributed by atoms with Crippen molar-refractivity contribution in [2.24, 2.45) is 5.92 Å². The minimum absolute atomic E-state index is 0.0278. The zero-order chi connectivity index (χ0) is 16.0. The lowest BCUT2D eigenvalue weighted by Gasteiger charge is -2.30. The summed E-state index contributed by atoms with van der Waals surface area (Å²) >= 11 is 0. The van der Waals surface area contributed by atoms with E-state index in [2.05, 4.69) is 15.5 Å². The lowest BCUT2D eigenvalue weighted by Crippen LogP contribution is -2.43. The standard InChI is InChI=1S/C14H24N4O3S/c1-22(20,21)18-7-3-5-13(11-18)8-15-14(19)6-2-4-12-9-16-17-10-12/h9-10,13H,2-8,11H2,1H3,(H,15,19)(H,16,17)/t13-/m1/s1. The Morgan fingerprint density at radius 2 is 2.36 bits per heavy atom. The van der Waals surface area contributed by atoms with Crippen molar-refractivity contribution in [3.05, 3.63) is 18.0 Å². The molecule has 0 spiro atoms. The topological polar surface area (TPSA) is 95.2 Å². The first-order chi connectivity index (χ1) is 10.4. The van der Waals surface area contributed by atoms with Crippen molar-refractivity contribution in [1.82, 2.24) is 19.8 Å². The van der Waals surface area contributed by atoms with Gasteiger partial charge in [0.05, 0.1) is 12.5 Å². The number of aromatic nitrogens is 2. The van der Waals surface area contributed by atoms with Crippen molar-refractivity contribution in [3.8, 4) is 0 Å². The maximum Gasteiger partial charge on any atom is 0.220 e. The fraction of sp³-hybridized carbons (Fsp3) is 0.714. The molecular formula is C14H24N4O3S. The number of hydrogen-bond acceptors (Lipinski definition) is 4. The van der Waals surface area contributed by atoms with Crippen LogP contribution in [0, 0.1) is 5.92 Å². The fourth-order valence-corrected chi connectivity index (χ4v) is 3.65. The van der Waals surface area contributed by atoms with Gasteiger partial charge in [0, 0.05) is 32.3 Å². The monoisotopic (exact) mass is 328 g/mol. The number of hydrogen-bond donors (Lipinski definition) is 2. The maximum absolute atomic E-state index is 11.8. The van der Waals surface area contributed by atoms with E-state index in [0.717, 1.165) is 31.2 Å². The molecule has 1 aromatic rings. The molecule has 1 aliphatic rings. The number of piperidine rings is 1. The average Bonchev–Trinajstić information content (AvgIpc) is 2.98. The van der Waals surface area contributed by atoms with Crippen molar-refractivity contribution in [1.29, 1.82) is 0 Å². The summed E-state index contributed by atoms with van der Waals surface area (Å²) in [6.45, 7) is 1.65. The van der Waals surface area contributed by atoms with Gasteiger partial charge in [-0.25, -0.2) is 12.7 Å². The van der Waals surface area contributed by atoms with E-state index in [1.807, 2.05) is 6.20 Å². The van der Waals surface area contributed by atoms with Gasteiger partial charge in [0.25, 0.3) is 0 Å². The van der Waals surface area contributed by atoms with E-state index in [9.17, 15) is 13.2 Å². The van der Waals surface area contributed by atoms with Gasteiger partial charge in [0.15, 0.2) is 0 Å². The van der Waals surface area contributed by atoms with Crippen LogP contribution in [0.4, 0.5) is 0 Å². The summed E-state index contributed by atoms with van der Waals surface area (Å²) < 4.78 is 24.6. The van der Waals surface area contributed by atoms with Gasteiger partial charge in [-0.1, -0.05) is 0 Å². The van der Waals surface area contributed by atoms with Gasteiger partial charge in [-0.15, -0.1) is 0 Å². The Hall–Kier alpha value is -1.41. The highest BCUT2D eigenvalue weighted by Crippen LogP contribution is 2.18. The smallest absolute Gasteiger partial charge is 0.220 e. The molecule has 1 amide bonds. The van der Waals surface area contributed by atoms with Gasteiger partial charge in [-0.3, -0.25) is 9.89 Å². The van der Waals surface area contributed by atoms with E-state index < -0.39 is 10.0 Å². The third kappa shape index (κ3) is 5.42. The second-order valence-corrected chi connectivity index (χ2v) is 7.88. The highest BCUT2D eigenvalue weighted by atomic mass is 32.2. The van der Waals surface area contributed by atoms with Crippen LogP contribution in [-0.4, -0.2) is 54.7 Å². The number of aryl methyl sites for hydroxylation is 1. The zero-order valence-corrected chi connectivity index (χ0v) is 13.7. The van der Waals surface area contributed by atoms with Crippen molar-refractivity contribution in [2.45, 2.75) is 32.1 Å². The zero-order valence-electron chi connectivity index (χ0n) is 12.9. The number of sulfonamides is 1. The van der Waals surface area contributed by atoms with E-state index in [4.69, 9.17) is 0 Å². The number of H-pyrrole nitrogens is 1. The van der Waals surface area contributed by atoms with Crippen molar-refractivity contribution in [2.75, 3.05) is 25.9 Å². The third-order valence-corrected chi connectivity index (χ3v) is 5.23. The summed E-state index contributed by atoms with van der Waals surface area (Å²) in [6, 6.07) is 0. The molecule has 0 saturated carbocycles. The summed E-state index contributed by atoms with van der Waals surface area (Å²) in [5.41, 5.74) is 1.10. The van der Waals surface area contributed by atoms with Crippen LogP contribution < -0.4 is 5.32 Å². The Bertz CT molecular complexity index is 571. The molecule has 1 aliphatic heterocycles. The fourth-order valence-electron chi connectivity index (χ4n) is 2.71. The molecule has 2 rings (SSSR count). The molecule has 0 radical (unpaired) electrons. The second-order valence-electron chi connectivity index (χ2n) is 5.89. The normalized spacial score (nSPS) is 20.0. The molecule has 0 aliphatic carbocycles. The largest absolute Gasteiger partial charge is 0.356 e. The minimum atomic E-state index is -3.12. The Labute approximate surface area is 131 Å². The first kappa shape index (κ1) is 17.0. The van der Waals surface area contributed by atoms with Gasteiger partial charge in [0.2, 0.25) is 15.9 Å². The van der Waals surface area contributed by atoms with Gasteiger partial charge in [-0.2, -0.15) is 5.10 Å². The van der Waals surface area contributed by atoms with E-state index >= 15 is 0 Å². The molecule has 8 heteroatoms. The molecule has 1 aromatic heterocycles. The summed E-state index contributed by atoms with van der Waals surface area (Å²) in [7, 11) is -3.12. The van der Waals surface area contributed by atoms with Crippen LogP contribution in [0.2, 0.25) is 0 Å².